The number of nitrogens with one attached hydrogen (secondary N) is 1. The highest BCUT2D eigenvalue weighted by Crippen LogP contribution is 1.98. The van der Waals surface area contributed by atoms with Crippen LogP contribution in [0.1, 0.15) is 5.56 Å². The van der Waals surface area contributed by atoms with Gasteiger partial charge in [-0.3, -0.25) is 0 Å². The highest BCUT2D eigenvalue weighted by Gasteiger charge is 2.11. The van der Waals surface area contributed by atoms with Crippen LogP contribution in [-0.4, -0.2) is 29.0 Å². The normalized spacial score (nSPS) is 14.5. The van der Waals surface area contributed by atoms with Gasteiger partial charge in [0.15, 0.2) is 0 Å². The van der Waals surface area contributed by atoms with Crippen LogP contribution in [0.25, 0.3) is 0 Å². The molecule has 0 spiro atoms. The second-order valence-corrected chi connectivity index (χ2v) is 3.41. The lowest BCUT2D eigenvalue weighted by Crippen LogP contribution is -2.34. The first-order valence-corrected chi connectivity index (χ1v) is 4.97. The fourth-order valence-corrected chi connectivity index (χ4v) is 1.24. The molecule has 1 aromatic rings. The van der Waals surface area contributed by atoms with E-state index in [1.807, 2.05) is 30.3 Å². The van der Waals surface area contributed by atoms with Crippen LogP contribution in [0.4, 0.5) is 0 Å². The number of rotatable bonds is 6. The fraction of sp³-hybridized carbons (Fsp3) is 0.333. The molecule has 0 unspecified atom stereocenters. The quantitative estimate of drug-likeness (QED) is 0.601. The maximum absolute atomic E-state index is 9.41. The fourth-order valence-electron chi connectivity index (χ4n) is 1.24. The first kappa shape index (κ1) is 11.9. The van der Waals surface area contributed by atoms with E-state index in [2.05, 4.69) is 11.9 Å². The van der Waals surface area contributed by atoms with E-state index in [4.69, 9.17) is 0 Å². The van der Waals surface area contributed by atoms with Crippen LogP contribution in [-0.2, 0) is 6.54 Å². The Morgan fingerprint density at radius 2 is 1.93 bits per heavy atom. The minimum atomic E-state index is -0.867. The lowest BCUT2D eigenvalue weighted by Gasteiger charge is -2.14. The summed E-state index contributed by atoms with van der Waals surface area (Å²) in [7, 11) is 0. The molecule has 0 heterocycles. The molecular formula is C12H17NO2. The molecule has 0 aliphatic rings. The van der Waals surface area contributed by atoms with Crippen molar-refractivity contribution < 1.29 is 10.2 Å². The van der Waals surface area contributed by atoms with Gasteiger partial charge in [-0.2, -0.15) is 0 Å². The van der Waals surface area contributed by atoms with Crippen LogP contribution in [0.15, 0.2) is 43.0 Å². The van der Waals surface area contributed by atoms with Gasteiger partial charge in [-0.25, -0.2) is 0 Å². The summed E-state index contributed by atoms with van der Waals surface area (Å²) in [6, 6.07) is 9.89. The highest BCUT2D eigenvalue weighted by atomic mass is 16.3. The van der Waals surface area contributed by atoms with Crippen molar-refractivity contribution in [3.63, 3.8) is 0 Å². The largest absolute Gasteiger partial charge is 0.389 e. The van der Waals surface area contributed by atoms with E-state index in [9.17, 15) is 10.2 Å². The maximum atomic E-state index is 9.41. The van der Waals surface area contributed by atoms with Crippen LogP contribution in [0.3, 0.4) is 0 Å². The number of hydrogen-bond acceptors (Lipinski definition) is 3. The Bertz CT molecular complexity index is 287. The molecule has 0 bridgehead atoms. The van der Waals surface area contributed by atoms with Crippen molar-refractivity contribution in [3.8, 4) is 0 Å². The SMILES string of the molecule is C=C[C@@H](O)[C@H](O)CNCc1ccccc1. The Balaban J connectivity index is 2.25. The molecule has 3 nitrogen and oxygen atoms in total. The second kappa shape index (κ2) is 6.35. The third-order valence-corrected chi connectivity index (χ3v) is 2.16. The summed E-state index contributed by atoms with van der Waals surface area (Å²) in [6.07, 6.45) is -0.339. The maximum Gasteiger partial charge on any atom is 0.0989 e. The molecule has 1 aromatic carbocycles. The molecule has 0 saturated carbocycles. The van der Waals surface area contributed by atoms with Crippen LogP contribution in [0.5, 0.6) is 0 Å². The second-order valence-electron chi connectivity index (χ2n) is 3.41. The molecule has 0 fully saturated rings. The van der Waals surface area contributed by atoms with Crippen molar-refractivity contribution in [3.05, 3.63) is 48.6 Å². The van der Waals surface area contributed by atoms with E-state index in [0.717, 1.165) is 5.56 Å². The molecule has 1 rings (SSSR count). The predicted molar refractivity (Wildman–Crippen MR) is 60.4 cm³/mol. The van der Waals surface area contributed by atoms with E-state index in [-0.39, 0.29) is 0 Å². The zero-order valence-corrected chi connectivity index (χ0v) is 8.63. The van der Waals surface area contributed by atoms with Crippen molar-refractivity contribution in [2.45, 2.75) is 18.8 Å². The predicted octanol–water partition coefficient (Wildman–Crippen LogP) is 0.684. The summed E-state index contributed by atoms with van der Waals surface area (Å²) in [5, 5.41) is 21.7. The molecule has 0 radical (unpaired) electrons. The van der Waals surface area contributed by atoms with E-state index in [1.54, 1.807) is 0 Å². The molecule has 0 aliphatic carbocycles. The van der Waals surface area contributed by atoms with E-state index in [1.165, 1.54) is 6.08 Å². The summed E-state index contributed by atoms with van der Waals surface area (Å²) in [4.78, 5) is 0. The monoisotopic (exact) mass is 207 g/mol. The smallest absolute Gasteiger partial charge is 0.0989 e. The summed E-state index contributed by atoms with van der Waals surface area (Å²) in [6.45, 7) is 4.44. The highest BCUT2D eigenvalue weighted by molar-refractivity contribution is 5.14. The van der Waals surface area contributed by atoms with Crippen molar-refractivity contribution in [1.29, 1.82) is 0 Å². The Labute approximate surface area is 90.1 Å². The van der Waals surface area contributed by atoms with Crippen LogP contribution in [0, 0.1) is 0 Å². The van der Waals surface area contributed by atoms with Crippen molar-refractivity contribution in [2.75, 3.05) is 6.54 Å². The molecule has 0 aliphatic heterocycles. The zero-order chi connectivity index (χ0) is 11.1. The van der Waals surface area contributed by atoms with Gasteiger partial charge in [-0.1, -0.05) is 36.4 Å². The lowest BCUT2D eigenvalue weighted by atomic mass is 10.2. The van der Waals surface area contributed by atoms with Crippen molar-refractivity contribution in [2.24, 2.45) is 0 Å². The summed E-state index contributed by atoms with van der Waals surface area (Å²) < 4.78 is 0. The average molecular weight is 207 g/mol. The first-order chi connectivity index (χ1) is 7.24. The number of benzene rings is 1. The topological polar surface area (TPSA) is 52.5 Å². The van der Waals surface area contributed by atoms with Crippen molar-refractivity contribution in [1.82, 2.24) is 5.32 Å². The Hall–Kier alpha value is -1.16. The van der Waals surface area contributed by atoms with Gasteiger partial charge in [0.1, 0.15) is 0 Å². The minimum absolute atomic E-state index is 0.349. The molecular weight excluding hydrogens is 190 g/mol. The Morgan fingerprint density at radius 1 is 1.27 bits per heavy atom. The lowest BCUT2D eigenvalue weighted by molar-refractivity contribution is 0.0491. The van der Waals surface area contributed by atoms with Gasteiger partial charge < -0.3 is 15.5 Å². The van der Waals surface area contributed by atoms with Gasteiger partial charge >= 0.3 is 0 Å². The molecule has 15 heavy (non-hydrogen) atoms. The molecule has 3 heteroatoms. The standard InChI is InChI=1S/C12H17NO2/c1-2-11(14)12(15)9-13-8-10-6-4-3-5-7-10/h2-7,11-15H,1,8-9H2/t11-,12-/m1/s1. The third-order valence-electron chi connectivity index (χ3n) is 2.16. The van der Waals surface area contributed by atoms with Crippen LogP contribution >= 0.6 is 0 Å². The molecule has 3 N–H and O–H groups in total. The van der Waals surface area contributed by atoms with Crippen LogP contribution in [0.2, 0.25) is 0 Å². The number of aliphatic hydroxyl groups is 2. The summed E-state index contributed by atoms with van der Waals surface area (Å²) >= 11 is 0. The van der Waals surface area contributed by atoms with Gasteiger partial charge in [0.25, 0.3) is 0 Å². The van der Waals surface area contributed by atoms with Gasteiger partial charge in [-0.05, 0) is 5.56 Å². The average Bonchev–Trinajstić information content (AvgIpc) is 2.29. The number of aliphatic hydroxyl groups excluding tert-OH is 2. The minimum Gasteiger partial charge on any atom is -0.389 e. The molecule has 2 atom stereocenters. The van der Waals surface area contributed by atoms with Gasteiger partial charge in [-0.15, -0.1) is 6.58 Å². The van der Waals surface area contributed by atoms with Gasteiger partial charge in [0.2, 0.25) is 0 Å². The summed E-state index contributed by atoms with van der Waals surface area (Å²) in [5.41, 5.74) is 1.15. The number of hydrogen-bond donors (Lipinski definition) is 3. The van der Waals surface area contributed by atoms with E-state index >= 15 is 0 Å². The third kappa shape index (κ3) is 4.25. The van der Waals surface area contributed by atoms with Crippen molar-refractivity contribution >= 4 is 0 Å². The first-order valence-electron chi connectivity index (χ1n) is 4.97. The molecule has 0 aromatic heterocycles. The van der Waals surface area contributed by atoms with E-state index < -0.39 is 12.2 Å². The molecule has 0 amide bonds. The summed E-state index contributed by atoms with van der Waals surface area (Å²) in [5.74, 6) is 0. The molecule has 82 valence electrons. The van der Waals surface area contributed by atoms with E-state index in [0.29, 0.717) is 13.1 Å². The van der Waals surface area contributed by atoms with Crippen LogP contribution < -0.4 is 5.32 Å². The Kier molecular flexibility index (Phi) is 5.04. The molecule has 0 saturated heterocycles. The Morgan fingerprint density at radius 3 is 2.53 bits per heavy atom. The zero-order valence-electron chi connectivity index (χ0n) is 8.63. The van der Waals surface area contributed by atoms with Gasteiger partial charge in [0.05, 0.1) is 12.2 Å². The van der Waals surface area contributed by atoms with Gasteiger partial charge in [0, 0.05) is 13.1 Å².